The molecule has 3 aromatic rings. The molecule has 0 N–H and O–H groups in total. The molecule has 0 spiro atoms. The van der Waals surface area contributed by atoms with Gasteiger partial charge in [-0.05, 0) is 70.6 Å². The van der Waals surface area contributed by atoms with Gasteiger partial charge in [-0.2, -0.15) is 0 Å². The van der Waals surface area contributed by atoms with Gasteiger partial charge in [0.25, 0.3) is 0 Å². The topological polar surface area (TPSA) is 28.1 Å². The lowest BCUT2D eigenvalue weighted by molar-refractivity contribution is 0.116. The van der Waals surface area contributed by atoms with Crippen molar-refractivity contribution in [1.29, 1.82) is 0 Å². The van der Waals surface area contributed by atoms with E-state index in [4.69, 9.17) is 16.6 Å². The number of hydrogen-bond acceptors (Lipinski definition) is 4. The van der Waals surface area contributed by atoms with Crippen LogP contribution in [0, 0.1) is 9.39 Å². The third-order valence-corrected chi connectivity index (χ3v) is 5.16. The van der Waals surface area contributed by atoms with Gasteiger partial charge in [0, 0.05) is 20.6 Å². The second kappa shape index (κ2) is 8.46. The Hall–Kier alpha value is -2.16. The molecule has 0 fully saturated rings. The number of hydroxylamine groups is 1. The Morgan fingerprint density at radius 3 is 2.68 bits per heavy atom. The van der Waals surface area contributed by atoms with Crippen LogP contribution in [-0.2, 0) is 11.4 Å². The van der Waals surface area contributed by atoms with Crippen molar-refractivity contribution in [2.45, 2.75) is 6.61 Å². The summed E-state index contributed by atoms with van der Waals surface area (Å²) in [5, 5.41) is 3.40. The lowest BCUT2D eigenvalue weighted by atomic mass is 10.2. The quantitative estimate of drug-likeness (QED) is 0.295. The zero-order valence-corrected chi connectivity index (χ0v) is 17.6. The van der Waals surface area contributed by atoms with Gasteiger partial charge in [0.2, 0.25) is 0 Å². The summed E-state index contributed by atoms with van der Waals surface area (Å²) < 4.78 is 16.1. The molecule has 0 saturated heterocycles. The third kappa shape index (κ3) is 4.14. The van der Waals surface area contributed by atoms with Crippen LogP contribution in [0.15, 0.2) is 77.8 Å². The van der Waals surface area contributed by atoms with Crippen molar-refractivity contribution in [3.05, 3.63) is 98.3 Å². The van der Waals surface area contributed by atoms with Gasteiger partial charge in [-0.1, -0.05) is 30.3 Å². The van der Waals surface area contributed by atoms with Crippen molar-refractivity contribution in [2.24, 2.45) is 4.99 Å². The number of anilines is 1. The molecule has 0 aliphatic carbocycles. The number of rotatable bonds is 5. The number of halogens is 3. The summed E-state index contributed by atoms with van der Waals surface area (Å²) in [6.45, 7) is 0.494. The highest BCUT2D eigenvalue weighted by molar-refractivity contribution is 14.1. The zero-order chi connectivity index (χ0) is 19.5. The molecule has 0 atom stereocenters. The van der Waals surface area contributed by atoms with E-state index in [2.05, 4.69) is 27.6 Å². The molecular weight excluding hydrogens is 492 g/mol. The predicted molar refractivity (Wildman–Crippen MR) is 116 cm³/mol. The van der Waals surface area contributed by atoms with Crippen LogP contribution < -0.4 is 15.6 Å². The molecule has 28 heavy (non-hydrogen) atoms. The Bertz CT molecular complexity index is 1110. The van der Waals surface area contributed by atoms with E-state index in [0.29, 0.717) is 12.5 Å². The lowest BCUT2D eigenvalue weighted by Gasteiger charge is -2.31. The van der Waals surface area contributed by atoms with Crippen molar-refractivity contribution in [3.8, 4) is 0 Å². The van der Waals surface area contributed by atoms with Crippen molar-refractivity contribution >= 4 is 45.9 Å². The number of benzene rings is 3. The van der Waals surface area contributed by atoms with E-state index >= 15 is 0 Å². The molecule has 1 aliphatic heterocycles. The Morgan fingerprint density at radius 2 is 1.89 bits per heavy atom. The van der Waals surface area contributed by atoms with Crippen LogP contribution in [0.3, 0.4) is 0 Å². The van der Waals surface area contributed by atoms with Crippen molar-refractivity contribution in [2.75, 3.05) is 11.7 Å². The fourth-order valence-electron chi connectivity index (χ4n) is 2.96. The maximum atomic E-state index is 13.6. The summed E-state index contributed by atoms with van der Waals surface area (Å²) in [5.41, 5.74) is 1.54. The molecule has 3 aromatic carbocycles. The van der Waals surface area contributed by atoms with E-state index < -0.39 is 0 Å². The van der Waals surface area contributed by atoms with Gasteiger partial charge >= 0.3 is 0 Å². The molecule has 7 heteroatoms. The first-order valence-corrected chi connectivity index (χ1v) is 10.0. The number of nitrogens with zero attached hydrogens (tertiary/aromatic N) is 3. The molecular formula is C21H16ClFIN3O. The average Bonchev–Trinajstić information content (AvgIpc) is 2.70. The maximum Gasteiger partial charge on any atom is 0.160 e. The second-order valence-corrected chi connectivity index (χ2v) is 7.83. The molecule has 0 bridgehead atoms. The Kier molecular flexibility index (Phi) is 5.79. The first-order chi connectivity index (χ1) is 13.6. The van der Waals surface area contributed by atoms with E-state index in [0.717, 1.165) is 25.4 Å². The van der Waals surface area contributed by atoms with Crippen molar-refractivity contribution in [3.63, 3.8) is 0 Å². The summed E-state index contributed by atoms with van der Waals surface area (Å²) in [4.78, 5) is 10.6. The largest absolute Gasteiger partial charge is 0.262 e. The fourth-order valence-corrected chi connectivity index (χ4v) is 3.66. The molecule has 0 saturated carbocycles. The van der Waals surface area contributed by atoms with Crippen LogP contribution in [0.1, 0.15) is 5.56 Å². The minimum Gasteiger partial charge on any atom is -0.262 e. The Morgan fingerprint density at radius 1 is 1.07 bits per heavy atom. The minimum absolute atomic E-state index is 0.192. The monoisotopic (exact) mass is 507 g/mol. The summed E-state index contributed by atoms with van der Waals surface area (Å²) in [5.74, 6) is 0.378. The van der Waals surface area contributed by atoms with Crippen LogP contribution >= 0.6 is 34.4 Å². The maximum absolute atomic E-state index is 13.6. The molecule has 4 rings (SSSR count). The highest BCUT2D eigenvalue weighted by atomic mass is 127. The molecule has 0 unspecified atom stereocenters. The summed E-state index contributed by atoms with van der Waals surface area (Å²) in [6.07, 6.45) is 0. The van der Waals surface area contributed by atoms with Crippen LogP contribution in [0.5, 0.6) is 0 Å². The standard InChI is InChI=1S/C21H16ClFIN3O/c22-26-14-25-20-10-9-17(24)12-19(20)21(26)27(18-7-2-1-3-8-18)28-13-15-5-4-6-16(23)11-15/h1-12H,13-14H2. The van der Waals surface area contributed by atoms with E-state index in [9.17, 15) is 4.39 Å². The van der Waals surface area contributed by atoms with Crippen LogP contribution in [0.2, 0.25) is 0 Å². The predicted octanol–water partition coefficient (Wildman–Crippen LogP) is 4.18. The highest BCUT2D eigenvalue weighted by Crippen LogP contribution is 2.25. The molecule has 0 amide bonds. The minimum atomic E-state index is -0.296. The highest BCUT2D eigenvalue weighted by Gasteiger charge is 2.22. The van der Waals surface area contributed by atoms with Crippen LogP contribution in [0.4, 0.5) is 10.1 Å². The van der Waals surface area contributed by atoms with Gasteiger partial charge in [0.15, 0.2) is 5.82 Å². The van der Waals surface area contributed by atoms with Crippen LogP contribution in [0.25, 0.3) is 5.82 Å². The van der Waals surface area contributed by atoms with E-state index in [1.165, 1.54) is 16.6 Å². The van der Waals surface area contributed by atoms with Gasteiger partial charge < -0.3 is 0 Å². The average molecular weight is 508 g/mol. The first kappa shape index (κ1) is 19.2. The van der Waals surface area contributed by atoms with E-state index in [1.807, 2.05) is 54.6 Å². The number of para-hydroxylation sites is 1. The van der Waals surface area contributed by atoms with Gasteiger partial charge in [-0.3, -0.25) is 9.83 Å². The van der Waals surface area contributed by atoms with Gasteiger partial charge in [0.1, 0.15) is 19.1 Å². The van der Waals surface area contributed by atoms with Crippen LogP contribution in [-0.4, -0.2) is 11.1 Å². The van der Waals surface area contributed by atoms with Crippen molar-refractivity contribution in [1.82, 2.24) is 4.42 Å². The molecule has 1 heterocycles. The Balaban J connectivity index is 1.81. The third-order valence-electron chi connectivity index (χ3n) is 4.23. The Labute approximate surface area is 180 Å². The van der Waals surface area contributed by atoms with Gasteiger partial charge in [-0.25, -0.2) is 13.9 Å². The SMILES string of the molecule is Fc1cccc(CON(C2=c3cc(I)ccc3=NCN2Cl)c2ccccc2)c1. The molecule has 1 aliphatic rings. The first-order valence-electron chi connectivity index (χ1n) is 8.62. The number of hydrogen-bond donors (Lipinski definition) is 0. The molecule has 0 aromatic heterocycles. The van der Waals surface area contributed by atoms with E-state index in [1.54, 1.807) is 11.1 Å². The summed E-state index contributed by atoms with van der Waals surface area (Å²) in [7, 11) is 0. The lowest BCUT2D eigenvalue weighted by Crippen LogP contribution is -2.44. The molecule has 142 valence electrons. The van der Waals surface area contributed by atoms with E-state index in [-0.39, 0.29) is 12.4 Å². The summed E-state index contributed by atoms with van der Waals surface area (Å²) >= 11 is 8.79. The molecule has 0 radical (unpaired) electrons. The van der Waals surface area contributed by atoms with Gasteiger partial charge in [-0.15, -0.1) is 0 Å². The second-order valence-electron chi connectivity index (χ2n) is 6.18. The van der Waals surface area contributed by atoms with Gasteiger partial charge in [0.05, 0.1) is 11.0 Å². The number of fused-ring (bicyclic) bond motifs is 1. The zero-order valence-electron chi connectivity index (χ0n) is 14.7. The summed E-state index contributed by atoms with van der Waals surface area (Å²) in [6, 6.07) is 22.0. The van der Waals surface area contributed by atoms with Crippen molar-refractivity contribution < 1.29 is 9.23 Å². The molecule has 4 nitrogen and oxygen atoms in total. The normalized spacial score (nSPS) is 13.1. The smallest absolute Gasteiger partial charge is 0.160 e. The fraction of sp³-hybridized carbons (Fsp3) is 0.0952.